The van der Waals surface area contributed by atoms with Crippen molar-refractivity contribution in [2.75, 3.05) is 35.0 Å². The molecule has 5 rings (SSSR count). The Balaban J connectivity index is 2.12. The molecule has 1 aromatic rings. The minimum absolute atomic E-state index is 0.0190. The largest absolute Gasteiger partial charge is 0.517 e. The molecule has 4 aliphatic rings. The summed E-state index contributed by atoms with van der Waals surface area (Å²) in [6.45, 7) is 37.5. The van der Waals surface area contributed by atoms with Crippen LogP contribution in [-0.4, -0.2) is 123 Å². The maximum atomic E-state index is 17.5. The maximum Gasteiger partial charge on any atom is 0.508 e. The highest BCUT2D eigenvalue weighted by Crippen LogP contribution is 2.67. The van der Waals surface area contributed by atoms with Gasteiger partial charge in [-0.05, 0) is 59.9 Å². The predicted molar refractivity (Wildman–Crippen MR) is 280 cm³/mol. The predicted octanol–water partition coefficient (Wildman–Crippen LogP) is 11.3. The molecule has 18 heteroatoms. The minimum Gasteiger partial charge on any atom is -0.517 e. The van der Waals surface area contributed by atoms with Gasteiger partial charge in [-0.3, -0.25) is 4.79 Å². The van der Waals surface area contributed by atoms with Crippen LogP contribution in [0.4, 0.5) is 4.79 Å². The molecule has 70 heavy (non-hydrogen) atoms. The second-order valence-corrected chi connectivity index (χ2v) is 38.8. The topological polar surface area (TPSA) is 153 Å². The zero-order valence-corrected chi connectivity index (χ0v) is 50.9. The normalized spacial score (nSPS) is 30.4. The van der Waals surface area contributed by atoms with Gasteiger partial charge in [0, 0.05) is 56.6 Å². The number of ether oxygens (including phenoxy) is 4. The molecule has 1 heterocycles. The van der Waals surface area contributed by atoms with Gasteiger partial charge < -0.3 is 49.9 Å². The fraction of sp³-hybridized carbons (Fsp3) is 0.788. The lowest BCUT2D eigenvalue weighted by atomic mass is 9.45. The summed E-state index contributed by atoms with van der Waals surface area (Å²) in [5.41, 5.74) is -5.28. The molecule has 3 fully saturated rings. The number of hydrogen-bond donors (Lipinski definition) is 0. The van der Waals surface area contributed by atoms with Gasteiger partial charge in [0.1, 0.15) is 23.6 Å². The van der Waals surface area contributed by atoms with Gasteiger partial charge in [-0.25, -0.2) is 9.59 Å². The molecule has 2 bridgehead atoms. The molecule has 1 saturated heterocycles. The average molecular weight is 1050 g/mol. The molecule has 2 saturated carbocycles. The van der Waals surface area contributed by atoms with Crippen molar-refractivity contribution in [2.45, 2.75) is 206 Å². The summed E-state index contributed by atoms with van der Waals surface area (Å²) in [7, 11) is -5.63. The molecule has 3 aliphatic carbocycles. The van der Waals surface area contributed by atoms with Crippen molar-refractivity contribution in [3.63, 3.8) is 0 Å². The van der Waals surface area contributed by atoms with Crippen molar-refractivity contribution in [3.05, 3.63) is 47.2 Å². The maximum absolute atomic E-state index is 17.5. The van der Waals surface area contributed by atoms with Crippen LogP contribution in [0.25, 0.3) is 0 Å². The summed E-state index contributed by atoms with van der Waals surface area (Å²) in [5.74, 6) is -2.50. The average Bonchev–Trinajstić information content (AvgIpc) is 3.28. The Hall–Kier alpha value is -2.24. The molecular weight excluding hydrogens is 961 g/mol. The highest BCUT2D eigenvalue weighted by atomic mass is 28.4. The Morgan fingerprint density at radius 1 is 0.743 bits per heavy atom. The number of carbonyl (C=O) groups excluding carboxylic acids is 3. The van der Waals surface area contributed by atoms with Gasteiger partial charge in [-0.1, -0.05) is 122 Å². The van der Waals surface area contributed by atoms with Gasteiger partial charge in [0.15, 0.2) is 14.6 Å². The molecular formula is C52H90O14Si4. The molecule has 0 amide bonds. The van der Waals surface area contributed by atoms with E-state index in [0.717, 1.165) is 0 Å². The van der Waals surface area contributed by atoms with Crippen LogP contribution >= 0.6 is 0 Å². The van der Waals surface area contributed by atoms with Crippen molar-refractivity contribution < 1.29 is 64.3 Å². The second kappa shape index (κ2) is 21.5. The van der Waals surface area contributed by atoms with E-state index < -0.39 is 105 Å². The number of hydrogen-bond acceptors (Lipinski definition) is 14. The van der Waals surface area contributed by atoms with Crippen LogP contribution in [0.1, 0.15) is 134 Å². The van der Waals surface area contributed by atoms with Crippen molar-refractivity contribution in [1.82, 2.24) is 0 Å². The van der Waals surface area contributed by atoms with Crippen LogP contribution in [0.3, 0.4) is 0 Å². The minimum atomic E-state index is -3.40. The first kappa shape index (κ1) is 58.6. The first-order valence-corrected chi connectivity index (χ1v) is 34.5. The Bertz CT molecular complexity index is 2020. The second-order valence-electron chi connectivity index (χ2n) is 23.3. The van der Waals surface area contributed by atoms with Crippen molar-refractivity contribution >= 4 is 52.6 Å². The van der Waals surface area contributed by atoms with E-state index in [9.17, 15) is 4.79 Å². The lowest BCUT2D eigenvalue weighted by molar-refractivity contribution is -0.341. The Labute approximate surface area is 425 Å². The van der Waals surface area contributed by atoms with E-state index in [1.807, 2.05) is 13.0 Å². The van der Waals surface area contributed by atoms with Gasteiger partial charge >= 0.3 is 37.8 Å². The number of carbonyl (C=O) groups is 3. The van der Waals surface area contributed by atoms with Gasteiger partial charge in [0.25, 0.3) is 0 Å². The standard InChI is InChI=1S/C52H90O14Si4/c1-31(2)68(57-18,32(3)4)63-39-29-52(66-67(21)22)46(61-47(54)38-26-24-23-25-27-38)44-50(16,45(53)43(42(37(39)13)49(52,14)15)65-70(59-20,35(9)10)36(11)12)40(64-69(58-19,33(5)6)34(7)8)28-41-51(44,30-60-41)62-48(55)56-17/h23-27,31-37,39-41,44,46,67H,28-30H2,1-22H3/t37?,39-,40-,41+,44?,46-,50+,51-,52+/m0/s1. The van der Waals surface area contributed by atoms with E-state index in [0.29, 0.717) is 11.1 Å². The Kier molecular flexibility index (Phi) is 18.0. The third-order valence-electron chi connectivity index (χ3n) is 17.1. The highest BCUT2D eigenvalue weighted by Gasteiger charge is 2.80. The van der Waals surface area contributed by atoms with Crippen molar-refractivity contribution in [3.8, 4) is 0 Å². The van der Waals surface area contributed by atoms with E-state index in [1.54, 1.807) is 45.6 Å². The molecule has 0 spiro atoms. The van der Waals surface area contributed by atoms with Crippen molar-refractivity contribution in [1.29, 1.82) is 0 Å². The first-order chi connectivity index (χ1) is 32.5. The number of allylic oxidation sites excluding steroid dienone is 1. The summed E-state index contributed by atoms with van der Waals surface area (Å²) in [6.07, 6.45) is -4.33. The number of fused-ring (bicyclic) bond motifs is 5. The summed E-state index contributed by atoms with van der Waals surface area (Å²) in [6, 6.07) is 8.83. The molecule has 0 N–H and O–H groups in total. The lowest BCUT2D eigenvalue weighted by Gasteiger charge is -2.69. The molecule has 1 aliphatic heterocycles. The van der Waals surface area contributed by atoms with Crippen LogP contribution in [0.2, 0.25) is 46.3 Å². The van der Waals surface area contributed by atoms with Gasteiger partial charge in [-0.2, -0.15) is 0 Å². The number of Topliss-reactive ketones (excluding diaryl/α,β-unsaturated/α-hetero) is 1. The third-order valence-corrected chi connectivity index (χ3v) is 31.4. The Morgan fingerprint density at radius 2 is 1.24 bits per heavy atom. The zero-order valence-electron chi connectivity index (χ0n) is 46.7. The van der Waals surface area contributed by atoms with E-state index in [-0.39, 0.29) is 64.2 Å². The van der Waals surface area contributed by atoms with E-state index in [2.05, 4.69) is 117 Å². The lowest BCUT2D eigenvalue weighted by Crippen LogP contribution is -2.82. The van der Waals surface area contributed by atoms with Crippen molar-refractivity contribution in [2.24, 2.45) is 22.7 Å². The van der Waals surface area contributed by atoms with Crippen LogP contribution in [0.15, 0.2) is 41.7 Å². The highest BCUT2D eigenvalue weighted by molar-refractivity contribution is 6.71. The van der Waals surface area contributed by atoms with E-state index >= 15 is 9.59 Å². The first-order valence-electron chi connectivity index (χ1n) is 25.8. The number of benzene rings is 1. The van der Waals surface area contributed by atoms with Gasteiger partial charge in [-0.15, -0.1) is 0 Å². The fourth-order valence-corrected chi connectivity index (χ4v) is 25.7. The van der Waals surface area contributed by atoms with Gasteiger partial charge in [0.05, 0.1) is 42.8 Å². The Morgan fingerprint density at radius 3 is 1.67 bits per heavy atom. The van der Waals surface area contributed by atoms with E-state index in [4.69, 9.17) is 49.9 Å². The molecule has 0 aromatic heterocycles. The van der Waals surface area contributed by atoms with Crippen LogP contribution in [0, 0.1) is 22.7 Å². The quantitative estimate of drug-likeness (QED) is 0.0899. The summed E-state index contributed by atoms with van der Waals surface area (Å²) < 4.78 is 76.5. The summed E-state index contributed by atoms with van der Waals surface area (Å²) >= 11 is 0. The smallest absolute Gasteiger partial charge is 0.508 e. The molecule has 398 valence electrons. The third kappa shape index (κ3) is 9.35. The molecule has 0 radical (unpaired) electrons. The number of rotatable bonds is 20. The molecule has 1 aromatic carbocycles. The van der Waals surface area contributed by atoms with Gasteiger partial charge in [0.2, 0.25) is 5.78 Å². The van der Waals surface area contributed by atoms with Crippen LogP contribution < -0.4 is 0 Å². The SMILES string of the molecule is COC(=O)O[C@@]12CO[C@@H]1C[C@H](O[Si](OC)(C(C)C)C(C)C)[C@@]1(C)C(=O)C(O[Si](OC)(C(C)C)C(C)C)=C3C(C)[C@@H](O[Si](OC)(C(C)C)C(C)C)C[C@@](O[SiH](C)C)([C@@H](OC(=O)c4ccccc4)C12)C3(C)C. The van der Waals surface area contributed by atoms with E-state index in [1.165, 1.54) is 7.11 Å². The number of esters is 1. The molecule has 2 unspecified atom stereocenters. The zero-order chi connectivity index (χ0) is 52.9. The van der Waals surface area contributed by atoms with Crippen LogP contribution in [-0.2, 0) is 54.7 Å². The number of methoxy groups -OCH3 is 1. The molecule has 14 nitrogen and oxygen atoms in total. The summed E-state index contributed by atoms with van der Waals surface area (Å²) in [5, 5.41) is 0. The summed E-state index contributed by atoms with van der Waals surface area (Å²) in [4.78, 5) is 46.7. The molecule has 9 atom stereocenters. The number of ketones is 1. The van der Waals surface area contributed by atoms with Crippen LogP contribution in [0.5, 0.6) is 0 Å². The monoisotopic (exact) mass is 1050 g/mol. The fourth-order valence-electron chi connectivity index (χ4n) is 13.6.